The Kier molecular flexibility index (Phi) is 6.46. The summed E-state index contributed by atoms with van der Waals surface area (Å²) in [6.45, 7) is 1.76. The molecule has 2 aromatic carbocycles. The molecule has 156 valence electrons. The van der Waals surface area contributed by atoms with Gasteiger partial charge in [-0.15, -0.1) is 0 Å². The monoisotopic (exact) mass is 409 g/mol. The fourth-order valence-corrected chi connectivity index (χ4v) is 3.28. The lowest BCUT2D eigenvalue weighted by atomic mass is 10.1. The van der Waals surface area contributed by atoms with Crippen LogP contribution in [0.4, 0.5) is 5.69 Å². The van der Waals surface area contributed by atoms with E-state index in [2.05, 4.69) is 5.43 Å². The zero-order valence-electron chi connectivity index (χ0n) is 16.8. The molecule has 2 aromatic rings. The van der Waals surface area contributed by atoms with Gasteiger partial charge in [0.2, 0.25) is 5.91 Å². The SMILES string of the molecule is COC(=O)[C@H](C)N(NC(=O)CCCN1C(=O)c2ccccc2C1=O)c1ccccc1. The predicted octanol–water partition coefficient (Wildman–Crippen LogP) is 2.16. The molecule has 8 heteroatoms. The van der Waals surface area contributed by atoms with Crippen LogP contribution < -0.4 is 10.4 Å². The Labute approximate surface area is 174 Å². The van der Waals surface area contributed by atoms with Gasteiger partial charge in [-0.3, -0.25) is 29.7 Å². The summed E-state index contributed by atoms with van der Waals surface area (Å²) >= 11 is 0. The van der Waals surface area contributed by atoms with E-state index in [0.29, 0.717) is 23.2 Å². The van der Waals surface area contributed by atoms with Crippen molar-refractivity contribution < 1.29 is 23.9 Å². The fraction of sp³-hybridized carbons (Fsp3) is 0.273. The summed E-state index contributed by atoms with van der Waals surface area (Å²) in [6, 6.07) is 14.9. The molecule has 0 saturated carbocycles. The van der Waals surface area contributed by atoms with Crippen LogP contribution in [-0.2, 0) is 14.3 Å². The van der Waals surface area contributed by atoms with E-state index in [9.17, 15) is 19.2 Å². The number of fused-ring (bicyclic) bond motifs is 1. The molecule has 0 spiro atoms. The Bertz CT molecular complexity index is 925. The molecule has 0 unspecified atom stereocenters. The molecular weight excluding hydrogens is 386 g/mol. The number of esters is 1. The third-order valence-electron chi connectivity index (χ3n) is 4.87. The molecule has 0 saturated heterocycles. The van der Waals surface area contributed by atoms with Crippen LogP contribution in [0.25, 0.3) is 0 Å². The molecule has 0 bridgehead atoms. The van der Waals surface area contributed by atoms with Gasteiger partial charge >= 0.3 is 5.97 Å². The van der Waals surface area contributed by atoms with Crippen molar-refractivity contribution in [3.05, 3.63) is 65.7 Å². The number of imide groups is 1. The van der Waals surface area contributed by atoms with Crippen LogP contribution in [0, 0.1) is 0 Å². The number of nitrogens with one attached hydrogen (secondary N) is 1. The van der Waals surface area contributed by atoms with E-state index in [1.165, 1.54) is 12.1 Å². The molecule has 3 rings (SSSR count). The van der Waals surface area contributed by atoms with Crippen LogP contribution in [0.2, 0.25) is 0 Å². The second kappa shape index (κ2) is 9.21. The lowest BCUT2D eigenvalue weighted by molar-refractivity contribution is -0.142. The van der Waals surface area contributed by atoms with Gasteiger partial charge in [-0.05, 0) is 37.6 Å². The minimum Gasteiger partial charge on any atom is -0.467 e. The number of methoxy groups -OCH3 is 1. The summed E-state index contributed by atoms with van der Waals surface area (Å²) < 4.78 is 4.79. The van der Waals surface area contributed by atoms with Crippen LogP contribution in [0.3, 0.4) is 0 Å². The highest BCUT2D eigenvalue weighted by molar-refractivity contribution is 6.21. The normalized spacial score (nSPS) is 13.6. The van der Waals surface area contributed by atoms with Gasteiger partial charge < -0.3 is 4.74 Å². The highest BCUT2D eigenvalue weighted by Crippen LogP contribution is 2.22. The van der Waals surface area contributed by atoms with E-state index in [-0.39, 0.29) is 30.7 Å². The van der Waals surface area contributed by atoms with Crippen molar-refractivity contribution >= 4 is 29.4 Å². The summed E-state index contributed by atoms with van der Waals surface area (Å²) in [4.78, 5) is 50.4. The summed E-state index contributed by atoms with van der Waals surface area (Å²) in [5.74, 6) is -1.53. The average Bonchev–Trinajstić information content (AvgIpc) is 3.02. The first kappa shape index (κ1) is 21.0. The van der Waals surface area contributed by atoms with Gasteiger partial charge in [0.15, 0.2) is 0 Å². The molecule has 30 heavy (non-hydrogen) atoms. The third-order valence-corrected chi connectivity index (χ3v) is 4.87. The minimum atomic E-state index is -0.738. The third kappa shape index (κ3) is 4.32. The molecule has 8 nitrogen and oxygen atoms in total. The number of hydrogen-bond acceptors (Lipinski definition) is 6. The fourth-order valence-electron chi connectivity index (χ4n) is 3.28. The molecule has 1 N–H and O–H groups in total. The van der Waals surface area contributed by atoms with Gasteiger partial charge in [-0.25, -0.2) is 4.79 Å². The number of hydrogen-bond donors (Lipinski definition) is 1. The highest BCUT2D eigenvalue weighted by Gasteiger charge is 2.34. The van der Waals surface area contributed by atoms with E-state index >= 15 is 0 Å². The topological polar surface area (TPSA) is 96.0 Å². The van der Waals surface area contributed by atoms with Crippen LogP contribution >= 0.6 is 0 Å². The molecule has 0 aliphatic carbocycles. The number of para-hydroxylation sites is 1. The number of amides is 3. The highest BCUT2D eigenvalue weighted by atomic mass is 16.5. The van der Waals surface area contributed by atoms with Crippen molar-refractivity contribution in [1.82, 2.24) is 10.3 Å². The maximum atomic E-state index is 12.5. The zero-order chi connectivity index (χ0) is 21.7. The average molecular weight is 409 g/mol. The van der Waals surface area contributed by atoms with E-state index in [1.807, 2.05) is 6.07 Å². The van der Waals surface area contributed by atoms with Crippen molar-refractivity contribution in [1.29, 1.82) is 0 Å². The summed E-state index contributed by atoms with van der Waals surface area (Å²) in [7, 11) is 1.28. The first-order valence-corrected chi connectivity index (χ1v) is 9.61. The van der Waals surface area contributed by atoms with E-state index < -0.39 is 12.0 Å². The molecule has 0 radical (unpaired) electrons. The second-order valence-electron chi connectivity index (χ2n) is 6.85. The van der Waals surface area contributed by atoms with E-state index in [4.69, 9.17) is 4.74 Å². The number of benzene rings is 2. The van der Waals surface area contributed by atoms with Crippen LogP contribution in [-0.4, -0.2) is 48.3 Å². The summed E-state index contributed by atoms with van der Waals surface area (Å²) in [5.41, 5.74) is 4.11. The minimum absolute atomic E-state index is 0.0740. The van der Waals surface area contributed by atoms with Gasteiger partial charge in [-0.1, -0.05) is 30.3 Å². The molecule has 1 aliphatic heterocycles. The number of ether oxygens (including phenoxy) is 1. The Hall–Kier alpha value is -3.68. The van der Waals surface area contributed by atoms with Crippen LogP contribution in [0.15, 0.2) is 54.6 Å². The Morgan fingerprint density at radius 3 is 2.13 bits per heavy atom. The van der Waals surface area contributed by atoms with Crippen molar-refractivity contribution in [2.24, 2.45) is 0 Å². The zero-order valence-corrected chi connectivity index (χ0v) is 16.8. The lowest BCUT2D eigenvalue weighted by Gasteiger charge is -2.29. The van der Waals surface area contributed by atoms with Crippen molar-refractivity contribution in [2.45, 2.75) is 25.8 Å². The quantitative estimate of drug-likeness (QED) is 0.408. The number of carbonyl (C=O) groups is 4. The van der Waals surface area contributed by atoms with Gasteiger partial charge in [-0.2, -0.15) is 0 Å². The number of carbonyl (C=O) groups excluding carboxylic acids is 4. The lowest BCUT2D eigenvalue weighted by Crippen LogP contribution is -2.51. The molecular formula is C22H23N3O5. The van der Waals surface area contributed by atoms with Gasteiger partial charge in [0, 0.05) is 13.0 Å². The van der Waals surface area contributed by atoms with Crippen molar-refractivity contribution in [2.75, 3.05) is 18.7 Å². The number of hydrazine groups is 1. The van der Waals surface area contributed by atoms with Crippen LogP contribution in [0.5, 0.6) is 0 Å². The molecule has 1 aliphatic rings. The number of anilines is 1. The Morgan fingerprint density at radius 1 is 1.00 bits per heavy atom. The molecule has 0 fully saturated rings. The smallest absolute Gasteiger partial charge is 0.330 e. The van der Waals surface area contributed by atoms with Gasteiger partial charge in [0.1, 0.15) is 6.04 Å². The standard InChI is InChI=1S/C22H23N3O5/c1-15(22(29)30-2)25(16-9-4-3-5-10-16)23-19(26)13-8-14-24-20(27)17-11-6-7-12-18(17)21(24)28/h3-7,9-12,15H,8,13-14H2,1-2H3,(H,23,26)/t15-/m0/s1. The number of nitrogens with zero attached hydrogens (tertiary/aromatic N) is 2. The first-order chi connectivity index (χ1) is 14.4. The van der Waals surface area contributed by atoms with E-state index in [1.54, 1.807) is 55.5 Å². The largest absolute Gasteiger partial charge is 0.467 e. The maximum Gasteiger partial charge on any atom is 0.330 e. The van der Waals surface area contributed by atoms with Gasteiger partial charge in [0.05, 0.1) is 23.9 Å². The Balaban J connectivity index is 1.59. The second-order valence-corrected chi connectivity index (χ2v) is 6.85. The molecule has 1 atom stereocenters. The van der Waals surface area contributed by atoms with Crippen molar-refractivity contribution in [3.8, 4) is 0 Å². The summed E-state index contributed by atoms with van der Waals surface area (Å²) in [6.07, 6.45) is 0.372. The number of rotatable bonds is 8. The molecule has 1 heterocycles. The molecule has 3 amide bonds. The Morgan fingerprint density at radius 2 is 1.57 bits per heavy atom. The molecule has 0 aromatic heterocycles. The maximum absolute atomic E-state index is 12.5. The predicted molar refractivity (Wildman–Crippen MR) is 110 cm³/mol. The van der Waals surface area contributed by atoms with E-state index in [0.717, 1.165) is 4.90 Å². The first-order valence-electron chi connectivity index (χ1n) is 9.61. The van der Waals surface area contributed by atoms with Crippen LogP contribution in [0.1, 0.15) is 40.5 Å². The van der Waals surface area contributed by atoms with Crippen molar-refractivity contribution in [3.63, 3.8) is 0 Å². The van der Waals surface area contributed by atoms with Gasteiger partial charge in [0.25, 0.3) is 11.8 Å². The summed E-state index contributed by atoms with van der Waals surface area (Å²) in [5, 5.41) is 1.44.